The van der Waals surface area contributed by atoms with Gasteiger partial charge in [-0.1, -0.05) is 0 Å². The zero-order chi connectivity index (χ0) is 15.4. The second kappa shape index (κ2) is 6.39. The molecule has 1 atom stereocenters. The highest BCUT2D eigenvalue weighted by atomic mass is 16.5. The fraction of sp³-hybridized carbons (Fsp3) is 0.294. The molecule has 21 heavy (non-hydrogen) atoms. The van der Waals surface area contributed by atoms with Gasteiger partial charge in [-0.15, -0.1) is 0 Å². The lowest BCUT2D eigenvalue weighted by Gasteiger charge is -2.20. The fourth-order valence-corrected chi connectivity index (χ4v) is 2.30. The molecule has 0 aliphatic rings. The molecule has 0 amide bonds. The van der Waals surface area contributed by atoms with Crippen LogP contribution in [0.4, 0.5) is 5.69 Å². The van der Waals surface area contributed by atoms with Gasteiger partial charge in [-0.2, -0.15) is 0 Å². The van der Waals surface area contributed by atoms with Crippen molar-refractivity contribution in [2.24, 2.45) is 0 Å². The van der Waals surface area contributed by atoms with Crippen molar-refractivity contribution in [3.8, 4) is 17.2 Å². The summed E-state index contributed by atoms with van der Waals surface area (Å²) in [7, 11) is 3.30. The number of anilines is 1. The topological polar surface area (TPSA) is 50.7 Å². The lowest BCUT2D eigenvalue weighted by molar-refractivity contribution is 0.397. The van der Waals surface area contributed by atoms with Gasteiger partial charge in [0.2, 0.25) is 0 Å². The highest BCUT2D eigenvalue weighted by molar-refractivity contribution is 5.55. The van der Waals surface area contributed by atoms with E-state index in [-0.39, 0.29) is 11.8 Å². The second-order valence-electron chi connectivity index (χ2n) is 4.97. The molecule has 0 radical (unpaired) electrons. The van der Waals surface area contributed by atoms with Gasteiger partial charge in [0.15, 0.2) is 0 Å². The average Bonchev–Trinajstić information content (AvgIpc) is 2.49. The first kappa shape index (κ1) is 15.0. The van der Waals surface area contributed by atoms with Crippen molar-refractivity contribution in [1.29, 1.82) is 0 Å². The molecular weight excluding hydrogens is 266 g/mol. The number of phenolic OH excluding ortho intramolecular Hbond substituents is 1. The number of rotatable bonds is 5. The van der Waals surface area contributed by atoms with Crippen LogP contribution in [0.1, 0.15) is 24.1 Å². The SMILES string of the molecule is COc1ccc(OC)c(C(C)Nc2ccc(O)cc2C)c1. The summed E-state index contributed by atoms with van der Waals surface area (Å²) in [5.41, 5.74) is 2.98. The van der Waals surface area contributed by atoms with Gasteiger partial charge >= 0.3 is 0 Å². The van der Waals surface area contributed by atoms with Crippen LogP contribution in [0.15, 0.2) is 36.4 Å². The lowest BCUT2D eigenvalue weighted by atomic mass is 10.1. The van der Waals surface area contributed by atoms with E-state index in [0.717, 1.165) is 28.3 Å². The zero-order valence-corrected chi connectivity index (χ0v) is 12.8. The van der Waals surface area contributed by atoms with Crippen molar-refractivity contribution in [1.82, 2.24) is 0 Å². The molecule has 0 fully saturated rings. The van der Waals surface area contributed by atoms with E-state index in [4.69, 9.17) is 9.47 Å². The van der Waals surface area contributed by atoms with Crippen LogP contribution in [0.25, 0.3) is 0 Å². The summed E-state index contributed by atoms with van der Waals surface area (Å²) in [6.45, 7) is 4.02. The standard InChI is InChI=1S/C17H21NO3/c1-11-9-13(19)5-7-16(11)18-12(2)15-10-14(20-3)6-8-17(15)21-4/h5-10,12,18-19H,1-4H3. The third-order valence-electron chi connectivity index (χ3n) is 3.49. The molecule has 4 nitrogen and oxygen atoms in total. The average molecular weight is 287 g/mol. The first-order chi connectivity index (χ1) is 10.0. The summed E-state index contributed by atoms with van der Waals surface area (Å²) in [6.07, 6.45) is 0. The van der Waals surface area contributed by atoms with E-state index in [2.05, 4.69) is 12.2 Å². The van der Waals surface area contributed by atoms with E-state index in [0.29, 0.717) is 0 Å². The van der Waals surface area contributed by atoms with Crippen LogP contribution < -0.4 is 14.8 Å². The molecule has 112 valence electrons. The van der Waals surface area contributed by atoms with Gasteiger partial charge in [-0.25, -0.2) is 0 Å². The predicted octanol–water partition coefficient (Wildman–Crippen LogP) is 3.89. The summed E-state index contributed by atoms with van der Waals surface area (Å²) >= 11 is 0. The van der Waals surface area contributed by atoms with E-state index in [1.54, 1.807) is 26.4 Å². The minimum absolute atomic E-state index is 0.0401. The molecule has 0 heterocycles. The zero-order valence-electron chi connectivity index (χ0n) is 12.8. The summed E-state index contributed by atoms with van der Waals surface area (Å²) in [4.78, 5) is 0. The highest BCUT2D eigenvalue weighted by Gasteiger charge is 2.13. The Morgan fingerprint density at radius 3 is 2.43 bits per heavy atom. The number of phenols is 1. The largest absolute Gasteiger partial charge is 0.508 e. The summed E-state index contributed by atoms with van der Waals surface area (Å²) in [5, 5.41) is 12.9. The molecule has 2 rings (SSSR count). The Balaban J connectivity index is 2.28. The second-order valence-corrected chi connectivity index (χ2v) is 4.97. The lowest BCUT2D eigenvalue weighted by Crippen LogP contribution is -2.09. The maximum absolute atomic E-state index is 9.47. The first-order valence-electron chi connectivity index (χ1n) is 6.83. The molecule has 4 heteroatoms. The van der Waals surface area contributed by atoms with Gasteiger partial charge in [-0.05, 0) is 55.8 Å². The van der Waals surface area contributed by atoms with Crippen LogP contribution in [0.5, 0.6) is 17.2 Å². The van der Waals surface area contributed by atoms with E-state index < -0.39 is 0 Å². The van der Waals surface area contributed by atoms with Crippen molar-refractivity contribution in [2.75, 3.05) is 19.5 Å². The normalized spacial score (nSPS) is 11.8. The Kier molecular flexibility index (Phi) is 4.58. The molecule has 0 spiro atoms. The molecule has 1 unspecified atom stereocenters. The Morgan fingerprint density at radius 1 is 1.05 bits per heavy atom. The Hall–Kier alpha value is -2.36. The third kappa shape index (κ3) is 3.40. The fourth-order valence-electron chi connectivity index (χ4n) is 2.30. The maximum atomic E-state index is 9.47. The smallest absolute Gasteiger partial charge is 0.124 e. The van der Waals surface area contributed by atoms with Crippen molar-refractivity contribution in [3.63, 3.8) is 0 Å². The van der Waals surface area contributed by atoms with Crippen LogP contribution in [0.2, 0.25) is 0 Å². The Bertz CT molecular complexity index is 625. The van der Waals surface area contributed by atoms with Gasteiger partial charge in [0.25, 0.3) is 0 Å². The molecule has 2 aromatic rings. The highest BCUT2D eigenvalue weighted by Crippen LogP contribution is 2.32. The molecular formula is C17H21NO3. The monoisotopic (exact) mass is 287 g/mol. The summed E-state index contributed by atoms with van der Waals surface area (Å²) < 4.78 is 10.7. The van der Waals surface area contributed by atoms with Gasteiger partial charge in [0.05, 0.1) is 20.3 Å². The summed E-state index contributed by atoms with van der Waals surface area (Å²) in [6, 6.07) is 11.1. The van der Waals surface area contributed by atoms with E-state index in [9.17, 15) is 5.11 Å². The molecule has 0 aromatic heterocycles. The minimum atomic E-state index is 0.0401. The van der Waals surface area contributed by atoms with Crippen LogP contribution in [0, 0.1) is 6.92 Å². The number of benzene rings is 2. The van der Waals surface area contributed by atoms with Gasteiger partial charge < -0.3 is 19.9 Å². The molecule has 0 aliphatic carbocycles. The Labute approximate surface area is 125 Å². The third-order valence-corrected chi connectivity index (χ3v) is 3.49. The van der Waals surface area contributed by atoms with Crippen LogP contribution in [-0.2, 0) is 0 Å². The van der Waals surface area contributed by atoms with Gasteiger partial charge in [0.1, 0.15) is 17.2 Å². The maximum Gasteiger partial charge on any atom is 0.124 e. The van der Waals surface area contributed by atoms with Crippen LogP contribution >= 0.6 is 0 Å². The van der Waals surface area contributed by atoms with Gasteiger partial charge in [-0.3, -0.25) is 0 Å². The first-order valence-corrected chi connectivity index (χ1v) is 6.83. The number of methoxy groups -OCH3 is 2. The van der Waals surface area contributed by atoms with E-state index in [1.807, 2.05) is 31.2 Å². The molecule has 0 saturated heterocycles. The van der Waals surface area contributed by atoms with Crippen molar-refractivity contribution in [2.45, 2.75) is 19.9 Å². The van der Waals surface area contributed by atoms with Gasteiger partial charge in [0, 0.05) is 11.3 Å². The van der Waals surface area contributed by atoms with Crippen LogP contribution in [0.3, 0.4) is 0 Å². The molecule has 0 aliphatic heterocycles. The van der Waals surface area contributed by atoms with E-state index in [1.165, 1.54) is 0 Å². The predicted molar refractivity (Wildman–Crippen MR) is 84.4 cm³/mol. The van der Waals surface area contributed by atoms with Crippen molar-refractivity contribution < 1.29 is 14.6 Å². The quantitative estimate of drug-likeness (QED) is 0.819. The summed E-state index contributed by atoms with van der Waals surface area (Å²) in [5.74, 6) is 1.87. The molecule has 2 aromatic carbocycles. The number of aryl methyl sites for hydroxylation is 1. The number of ether oxygens (including phenoxy) is 2. The molecule has 0 saturated carbocycles. The van der Waals surface area contributed by atoms with Crippen molar-refractivity contribution >= 4 is 5.69 Å². The number of aromatic hydroxyl groups is 1. The molecule has 0 bridgehead atoms. The Morgan fingerprint density at radius 2 is 1.81 bits per heavy atom. The minimum Gasteiger partial charge on any atom is -0.508 e. The number of hydrogen-bond acceptors (Lipinski definition) is 4. The van der Waals surface area contributed by atoms with Crippen LogP contribution in [-0.4, -0.2) is 19.3 Å². The molecule has 2 N–H and O–H groups in total. The number of nitrogens with one attached hydrogen (secondary N) is 1. The van der Waals surface area contributed by atoms with Crippen molar-refractivity contribution in [3.05, 3.63) is 47.5 Å². The number of hydrogen-bond donors (Lipinski definition) is 2. The van der Waals surface area contributed by atoms with E-state index >= 15 is 0 Å².